The van der Waals surface area contributed by atoms with Crippen molar-refractivity contribution in [3.05, 3.63) is 34.9 Å². The molecule has 0 spiro atoms. The minimum absolute atomic E-state index is 0.153. The van der Waals surface area contributed by atoms with Crippen LogP contribution in [0, 0.1) is 11.6 Å². The Hall–Kier alpha value is -1.00. The molecule has 1 rings (SSSR count). The van der Waals surface area contributed by atoms with Crippen molar-refractivity contribution in [3.8, 4) is 0 Å². The number of benzene rings is 1. The van der Waals surface area contributed by atoms with Crippen LogP contribution in [0.3, 0.4) is 0 Å². The fraction of sp³-hybridized carbons (Fsp3) is 0.455. The predicted molar refractivity (Wildman–Crippen MR) is 54.3 cm³/mol. The molecule has 15 heavy (non-hydrogen) atoms. The Morgan fingerprint density at radius 3 is 2.53 bits per heavy atom. The topological polar surface area (TPSA) is 21.3 Å². The molecule has 0 radical (unpaired) electrons. The number of hydrogen-bond donors (Lipinski definition) is 1. The molecule has 1 aromatic rings. The second kappa shape index (κ2) is 5.19. The van der Waals surface area contributed by atoms with E-state index in [1.807, 2.05) is 13.8 Å². The summed E-state index contributed by atoms with van der Waals surface area (Å²) in [6, 6.07) is 2.88. The molecule has 0 bridgehead atoms. The predicted octanol–water partition coefficient (Wildman–Crippen LogP) is 2.74. The van der Waals surface area contributed by atoms with Gasteiger partial charge in [0, 0.05) is 12.1 Å². The molecule has 0 fully saturated rings. The lowest BCUT2D eigenvalue weighted by Gasteiger charge is -2.10. The van der Waals surface area contributed by atoms with Crippen LogP contribution >= 0.6 is 0 Å². The highest BCUT2D eigenvalue weighted by Gasteiger charge is 2.12. The van der Waals surface area contributed by atoms with Crippen LogP contribution in [-0.2, 0) is 11.4 Å². The van der Waals surface area contributed by atoms with E-state index in [2.05, 4.69) is 10.3 Å². The van der Waals surface area contributed by atoms with Gasteiger partial charge in [0.2, 0.25) is 0 Å². The lowest BCUT2D eigenvalue weighted by atomic mass is 10.0. The average Bonchev–Trinajstić information content (AvgIpc) is 2.19. The SMILES string of the molecule is CONCc1cc(C(C)C)cc(F)c1F. The largest absolute Gasteiger partial charge is 0.305 e. The lowest BCUT2D eigenvalue weighted by Crippen LogP contribution is -2.13. The number of rotatable bonds is 4. The van der Waals surface area contributed by atoms with Gasteiger partial charge >= 0.3 is 0 Å². The van der Waals surface area contributed by atoms with Crippen molar-refractivity contribution in [2.75, 3.05) is 7.11 Å². The summed E-state index contributed by atoms with van der Waals surface area (Å²) in [6.45, 7) is 4.01. The van der Waals surface area contributed by atoms with Gasteiger partial charge in [0.15, 0.2) is 11.6 Å². The molecule has 0 aliphatic rings. The van der Waals surface area contributed by atoms with Crippen molar-refractivity contribution in [1.29, 1.82) is 0 Å². The second-order valence-electron chi connectivity index (χ2n) is 3.66. The van der Waals surface area contributed by atoms with Gasteiger partial charge in [0.1, 0.15) is 0 Å². The van der Waals surface area contributed by atoms with Gasteiger partial charge < -0.3 is 4.84 Å². The van der Waals surface area contributed by atoms with Crippen LogP contribution in [-0.4, -0.2) is 7.11 Å². The fourth-order valence-electron chi connectivity index (χ4n) is 1.28. The molecule has 84 valence electrons. The van der Waals surface area contributed by atoms with Crippen LogP contribution < -0.4 is 5.48 Å². The molecular formula is C11H15F2NO. The zero-order valence-corrected chi connectivity index (χ0v) is 9.10. The summed E-state index contributed by atoms with van der Waals surface area (Å²) in [7, 11) is 1.43. The number of nitrogens with one attached hydrogen (secondary N) is 1. The van der Waals surface area contributed by atoms with Gasteiger partial charge in [0.05, 0.1) is 7.11 Å². The van der Waals surface area contributed by atoms with Gasteiger partial charge in [-0.3, -0.25) is 0 Å². The molecule has 1 aromatic carbocycles. The number of hydroxylamine groups is 1. The van der Waals surface area contributed by atoms with E-state index in [1.165, 1.54) is 13.2 Å². The van der Waals surface area contributed by atoms with Gasteiger partial charge in [-0.2, -0.15) is 5.48 Å². The Morgan fingerprint density at radius 2 is 2.00 bits per heavy atom. The van der Waals surface area contributed by atoms with Crippen LogP contribution in [0.4, 0.5) is 8.78 Å². The van der Waals surface area contributed by atoms with E-state index in [-0.39, 0.29) is 18.0 Å². The van der Waals surface area contributed by atoms with Crippen molar-refractivity contribution in [2.45, 2.75) is 26.3 Å². The van der Waals surface area contributed by atoms with Crippen LogP contribution in [0.1, 0.15) is 30.9 Å². The van der Waals surface area contributed by atoms with Gasteiger partial charge in [-0.1, -0.05) is 19.9 Å². The first-order chi connectivity index (χ1) is 7.06. The quantitative estimate of drug-likeness (QED) is 0.780. The van der Waals surface area contributed by atoms with Crippen LogP contribution in [0.2, 0.25) is 0 Å². The highest BCUT2D eigenvalue weighted by molar-refractivity contribution is 5.28. The first-order valence-corrected chi connectivity index (χ1v) is 4.80. The molecule has 0 aliphatic carbocycles. The number of hydrogen-bond acceptors (Lipinski definition) is 2. The molecule has 1 N–H and O–H groups in total. The summed E-state index contributed by atoms with van der Waals surface area (Å²) in [5.74, 6) is -1.46. The van der Waals surface area contributed by atoms with E-state index in [0.717, 1.165) is 5.56 Å². The second-order valence-corrected chi connectivity index (χ2v) is 3.66. The Kier molecular flexibility index (Phi) is 4.17. The zero-order valence-electron chi connectivity index (χ0n) is 9.10. The Morgan fingerprint density at radius 1 is 1.33 bits per heavy atom. The molecule has 4 heteroatoms. The maximum atomic E-state index is 13.3. The molecule has 0 amide bonds. The normalized spacial score (nSPS) is 11.1. The third kappa shape index (κ3) is 2.97. The standard InChI is InChI=1S/C11H15F2NO/c1-7(2)8-4-9(6-14-15-3)11(13)10(12)5-8/h4-5,7,14H,6H2,1-3H3. The molecule has 0 saturated carbocycles. The summed E-state index contributed by atoms with van der Waals surface area (Å²) in [5.41, 5.74) is 3.55. The molecule has 0 aromatic heterocycles. The smallest absolute Gasteiger partial charge is 0.163 e. The maximum absolute atomic E-state index is 13.3. The molecule has 0 atom stereocenters. The maximum Gasteiger partial charge on any atom is 0.163 e. The van der Waals surface area contributed by atoms with Gasteiger partial charge in [-0.25, -0.2) is 8.78 Å². The molecule has 0 saturated heterocycles. The average molecular weight is 215 g/mol. The third-order valence-corrected chi connectivity index (χ3v) is 2.20. The first kappa shape index (κ1) is 12.1. The third-order valence-electron chi connectivity index (χ3n) is 2.20. The van der Waals surface area contributed by atoms with E-state index in [0.29, 0.717) is 0 Å². The molecule has 2 nitrogen and oxygen atoms in total. The minimum atomic E-state index is -0.816. The summed E-state index contributed by atoms with van der Waals surface area (Å²) in [5, 5.41) is 0. The summed E-state index contributed by atoms with van der Waals surface area (Å²) in [6.07, 6.45) is 0. The monoisotopic (exact) mass is 215 g/mol. The Bertz CT molecular complexity index is 340. The fourth-order valence-corrected chi connectivity index (χ4v) is 1.28. The van der Waals surface area contributed by atoms with Gasteiger partial charge in [-0.15, -0.1) is 0 Å². The first-order valence-electron chi connectivity index (χ1n) is 4.80. The zero-order chi connectivity index (χ0) is 11.4. The molecule has 0 unspecified atom stereocenters. The molecule has 0 aliphatic heterocycles. The van der Waals surface area contributed by atoms with Crippen molar-refractivity contribution < 1.29 is 13.6 Å². The molecule has 0 heterocycles. The summed E-state index contributed by atoms with van der Waals surface area (Å²) >= 11 is 0. The van der Waals surface area contributed by atoms with Gasteiger partial charge in [-0.05, 0) is 17.5 Å². The van der Waals surface area contributed by atoms with Crippen LogP contribution in [0.15, 0.2) is 12.1 Å². The van der Waals surface area contributed by atoms with Gasteiger partial charge in [0.25, 0.3) is 0 Å². The summed E-state index contributed by atoms with van der Waals surface area (Å²) < 4.78 is 26.5. The lowest BCUT2D eigenvalue weighted by molar-refractivity contribution is 0.0857. The van der Waals surface area contributed by atoms with E-state index in [9.17, 15) is 8.78 Å². The Balaban J connectivity index is 3.02. The van der Waals surface area contributed by atoms with Crippen LogP contribution in [0.5, 0.6) is 0 Å². The Labute approximate surface area is 88.2 Å². The van der Waals surface area contributed by atoms with E-state index >= 15 is 0 Å². The van der Waals surface area contributed by atoms with Crippen molar-refractivity contribution in [1.82, 2.24) is 5.48 Å². The highest BCUT2D eigenvalue weighted by atomic mass is 19.2. The van der Waals surface area contributed by atoms with E-state index in [1.54, 1.807) is 6.07 Å². The minimum Gasteiger partial charge on any atom is -0.305 e. The highest BCUT2D eigenvalue weighted by Crippen LogP contribution is 2.21. The van der Waals surface area contributed by atoms with Crippen LogP contribution in [0.25, 0.3) is 0 Å². The van der Waals surface area contributed by atoms with Crippen molar-refractivity contribution in [2.24, 2.45) is 0 Å². The van der Waals surface area contributed by atoms with E-state index < -0.39 is 11.6 Å². The summed E-state index contributed by atoms with van der Waals surface area (Å²) in [4.78, 5) is 4.60. The number of halogens is 2. The van der Waals surface area contributed by atoms with Crippen molar-refractivity contribution >= 4 is 0 Å². The molecular weight excluding hydrogens is 200 g/mol. The van der Waals surface area contributed by atoms with Crippen molar-refractivity contribution in [3.63, 3.8) is 0 Å². The van der Waals surface area contributed by atoms with E-state index in [4.69, 9.17) is 0 Å².